The van der Waals surface area contributed by atoms with Gasteiger partial charge in [-0.2, -0.15) is 0 Å². The Morgan fingerprint density at radius 1 is 1.43 bits per heavy atom. The van der Waals surface area contributed by atoms with Gasteiger partial charge < -0.3 is 15.1 Å². The number of nitrogens with zero attached hydrogens (tertiary/aromatic N) is 2. The fraction of sp³-hybridized carbons (Fsp3) is 0.444. The molecule has 1 aliphatic heterocycles. The highest BCUT2D eigenvalue weighted by molar-refractivity contribution is 6.02. The highest BCUT2D eigenvalue weighted by Gasteiger charge is 2.22. The lowest BCUT2D eigenvalue weighted by atomic mass is 9.98. The summed E-state index contributed by atoms with van der Waals surface area (Å²) >= 11 is 0. The molecule has 2 amide bonds. The molecule has 5 nitrogen and oxygen atoms in total. The Morgan fingerprint density at radius 2 is 2.17 bits per heavy atom. The summed E-state index contributed by atoms with van der Waals surface area (Å²) in [5.74, 6) is -0.169. The van der Waals surface area contributed by atoms with Crippen LogP contribution in [-0.4, -0.2) is 49.9 Å². The Kier molecular flexibility index (Phi) is 5.55. The lowest BCUT2D eigenvalue weighted by Crippen LogP contribution is -2.39. The number of amides is 2. The third kappa shape index (κ3) is 4.20. The Morgan fingerprint density at radius 3 is 2.83 bits per heavy atom. The quantitative estimate of drug-likeness (QED) is 0.844. The predicted molar refractivity (Wildman–Crippen MR) is 92.8 cm³/mol. The molecule has 0 fully saturated rings. The molecule has 2 rings (SSSR count). The number of hydrogen-bond acceptors (Lipinski definition) is 3. The Hall–Kier alpha value is -2.14. The number of benzene rings is 1. The van der Waals surface area contributed by atoms with Gasteiger partial charge in [0, 0.05) is 30.4 Å². The van der Waals surface area contributed by atoms with Gasteiger partial charge in [-0.25, -0.2) is 0 Å². The van der Waals surface area contributed by atoms with E-state index in [2.05, 4.69) is 11.9 Å². The van der Waals surface area contributed by atoms with Crippen LogP contribution in [-0.2, 0) is 11.2 Å². The van der Waals surface area contributed by atoms with Crippen molar-refractivity contribution in [3.63, 3.8) is 0 Å². The van der Waals surface area contributed by atoms with Crippen molar-refractivity contribution in [3.05, 3.63) is 42.0 Å². The SMILES string of the molecule is C=CC(=O)N1CCCc2cc(C(=O)N[C@@H](C)CN(C)C)ccc21. The monoisotopic (exact) mass is 315 g/mol. The van der Waals surface area contributed by atoms with Crippen molar-refractivity contribution in [1.82, 2.24) is 10.2 Å². The Labute approximate surface area is 138 Å². The zero-order chi connectivity index (χ0) is 17.0. The smallest absolute Gasteiger partial charge is 0.251 e. The molecule has 1 heterocycles. The van der Waals surface area contributed by atoms with Gasteiger partial charge in [0.1, 0.15) is 0 Å². The standard InChI is InChI=1S/C18H25N3O2/c1-5-17(22)21-10-6-7-14-11-15(8-9-16(14)21)18(23)19-13(2)12-20(3)4/h5,8-9,11,13H,1,6-7,10,12H2,2-4H3,(H,19,23)/t13-/m0/s1. The van der Waals surface area contributed by atoms with Gasteiger partial charge in [0.05, 0.1) is 0 Å². The molecule has 5 heteroatoms. The average Bonchev–Trinajstić information content (AvgIpc) is 2.52. The van der Waals surface area contributed by atoms with E-state index in [1.807, 2.05) is 38.1 Å². The summed E-state index contributed by atoms with van der Waals surface area (Å²) in [6.45, 7) is 7.03. The number of carbonyl (C=O) groups excluding carboxylic acids is 2. The summed E-state index contributed by atoms with van der Waals surface area (Å²) in [4.78, 5) is 28.1. The van der Waals surface area contributed by atoms with E-state index in [9.17, 15) is 9.59 Å². The highest BCUT2D eigenvalue weighted by atomic mass is 16.2. The van der Waals surface area contributed by atoms with Gasteiger partial charge in [0.15, 0.2) is 0 Å². The zero-order valence-electron chi connectivity index (χ0n) is 14.1. The van der Waals surface area contributed by atoms with Crippen LogP contribution >= 0.6 is 0 Å². The summed E-state index contributed by atoms with van der Waals surface area (Å²) in [5, 5.41) is 3.00. The minimum Gasteiger partial charge on any atom is -0.348 e. The van der Waals surface area contributed by atoms with Crippen molar-refractivity contribution in [2.75, 3.05) is 32.1 Å². The fourth-order valence-electron chi connectivity index (χ4n) is 2.98. The summed E-state index contributed by atoms with van der Waals surface area (Å²) in [7, 11) is 3.96. The minimum absolute atomic E-state index is 0.0747. The van der Waals surface area contributed by atoms with Crippen molar-refractivity contribution in [3.8, 4) is 0 Å². The first kappa shape index (κ1) is 17.2. The molecule has 1 N–H and O–H groups in total. The van der Waals surface area contributed by atoms with Gasteiger partial charge >= 0.3 is 0 Å². The van der Waals surface area contributed by atoms with Crippen LogP contribution in [0.5, 0.6) is 0 Å². The molecule has 0 unspecified atom stereocenters. The third-order valence-electron chi connectivity index (χ3n) is 3.92. The van der Waals surface area contributed by atoms with Crippen LogP contribution in [0.15, 0.2) is 30.9 Å². The van der Waals surface area contributed by atoms with Crippen LogP contribution in [0.1, 0.15) is 29.3 Å². The largest absolute Gasteiger partial charge is 0.348 e. The van der Waals surface area contributed by atoms with Crippen molar-refractivity contribution in [2.45, 2.75) is 25.8 Å². The van der Waals surface area contributed by atoms with E-state index in [1.165, 1.54) is 6.08 Å². The second kappa shape index (κ2) is 7.42. The lowest BCUT2D eigenvalue weighted by molar-refractivity contribution is -0.114. The molecule has 0 bridgehead atoms. The predicted octanol–water partition coefficient (Wildman–Crippen LogP) is 1.83. The minimum atomic E-state index is -0.0947. The van der Waals surface area contributed by atoms with E-state index < -0.39 is 0 Å². The number of nitrogens with one attached hydrogen (secondary N) is 1. The normalized spacial score (nSPS) is 15.0. The zero-order valence-corrected chi connectivity index (χ0v) is 14.1. The van der Waals surface area contributed by atoms with Crippen molar-refractivity contribution < 1.29 is 9.59 Å². The van der Waals surface area contributed by atoms with Gasteiger partial charge in [-0.15, -0.1) is 0 Å². The van der Waals surface area contributed by atoms with Crippen molar-refractivity contribution in [1.29, 1.82) is 0 Å². The van der Waals surface area contributed by atoms with Crippen LogP contribution < -0.4 is 10.2 Å². The fourth-order valence-corrected chi connectivity index (χ4v) is 2.98. The first-order valence-corrected chi connectivity index (χ1v) is 7.95. The number of hydrogen-bond donors (Lipinski definition) is 1. The molecule has 0 saturated carbocycles. The first-order valence-electron chi connectivity index (χ1n) is 7.95. The summed E-state index contributed by atoms with van der Waals surface area (Å²) < 4.78 is 0. The molecule has 124 valence electrons. The number of fused-ring (bicyclic) bond motifs is 1. The number of carbonyl (C=O) groups is 2. The molecule has 0 saturated heterocycles. The topological polar surface area (TPSA) is 52.7 Å². The number of likely N-dealkylation sites (N-methyl/N-ethyl adjacent to an activating group) is 1. The van der Waals surface area contributed by atoms with Gasteiger partial charge in [0.25, 0.3) is 5.91 Å². The second-order valence-electron chi connectivity index (χ2n) is 6.28. The first-order chi connectivity index (χ1) is 10.9. The van der Waals surface area contributed by atoms with Crippen molar-refractivity contribution >= 4 is 17.5 Å². The summed E-state index contributed by atoms with van der Waals surface area (Å²) in [6, 6.07) is 5.62. The molecule has 1 aromatic rings. The van der Waals surface area contributed by atoms with Gasteiger partial charge in [-0.05, 0) is 63.7 Å². The molecule has 1 aliphatic rings. The van der Waals surface area contributed by atoms with E-state index in [-0.39, 0.29) is 17.9 Å². The molecule has 1 aromatic carbocycles. The summed E-state index contributed by atoms with van der Waals surface area (Å²) in [5.41, 5.74) is 2.57. The molecular formula is C18H25N3O2. The molecular weight excluding hydrogens is 290 g/mol. The van der Waals surface area contributed by atoms with E-state index in [0.717, 1.165) is 30.6 Å². The van der Waals surface area contributed by atoms with Crippen LogP contribution in [0.2, 0.25) is 0 Å². The Balaban J connectivity index is 2.16. The van der Waals surface area contributed by atoms with Gasteiger partial charge in [-0.1, -0.05) is 6.58 Å². The maximum Gasteiger partial charge on any atom is 0.251 e. The molecule has 1 atom stereocenters. The second-order valence-corrected chi connectivity index (χ2v) is 6.28. The van der Waals surface area contributed by atoms with E-state index >= 15 is 0 Å². The number of aryl methyl sites for hydroxylation is 1. The molecule has 0 spiro atoms. The highest BCUT2D eigenvalue weighted by Crippen LogP contribution is 2.28. The Bertz CT molecular complexity index is 610. The van der Waals surface area contributed by atoms with Gasteiger partial charge in [0.2, 0.25) is 5.91 Å². The number of anilines is 1. The maximum absolute atomic E-state index is 12.4. The molecule has 0 aromatic heterocycles. The van der Waals surface area contributed by atoms with E-state index in [0.29, 0.717) is 12.1 Å². The van der Waals surface area contributed by atoms with Crippen LogP contribution in [0.3, 0.4) is 0 Å². The lowest BCUT2D eigenvalue weighted by Gasteiger charge is -2.29. The van der Waals surface area contributed by atoms with Crippen LogP contribution in [0, 0.1) is 0 Å². The average molecular weight is 315 g/mol. The van der Waals surface area contributed by atoms with Crippen LogP contribution in [0.4, 0.5) is 5.69 Å². The number of rotatable bonds is 5. The molecule has 0 radical (unpaired) electrons. The van der Waals surface area contributed by atoms with Gasteiger partial charge in [-0.3, -0.25) is 9.59 Å². The van der Waals surface area contributed by atoms with E-state index in [4.69, 9.17) is 0 Å². The summed E-state index contributed by atoms with van der Waals surface area (Å²) in [6.07, 6.45) is 3.11. The third-order valence-corrected chi connectivity index (χ3v) is 3.92. The maximum atomic E-state index is 12.4. The molecule has 0 aliphatic carbocycles. The molecule has 23 heavy (non-hydrogen) atoms. The van der Waals surface area contributed by atoms with E-state index in [1.54, 1.807) is 11.0 Å². The van der Waals surface area contributed by atoms with Crippen LogP contribution in [0.25, 0.3) is 0 Å². The van der Waals surface area contributed by atoms with Crippen molar-refractivity contribution in [2.24, 2.45) is 0 Å².